The number of ether oxygens (including phenoxy) is 2. The van der Waals surface area contributed by atoms with Crippen molar-refractivity contribution in [2.45, 2.75) is 25.3 Å². The predicted molar refractivity (Wildman–Crippen MR) is 131 cm³/mol. The normalized spacial score (nSPS) is 14.8. The number of furan rings is 1. The molecule has 3 aromatic rings. The van der Waals surface area contributed by atoms with E-state index in [2.05, 4.69) is 10.4 Å². The van der Waals surface area contributed by atoms with Crippen molar-refractivity contribution in [3.05, 3.63) is 89.9 Å². The lowest BCUT2D eigenvalue weighted by atomic mass is 10.0. The number of hydrazone groups is 1. The first-order valence-electron chi connectivity index (χ1n) is 11.6. The second-order valence-electron chi connectivity index (χ2n) is 8.17. The molecule has 0 aliphatic carbocycles. The quantitative estimate of drug-likeness (QED) is 0.438. The summed E-state index contributed by atoms with van der Waals surface area (Å²) in [6.45, 7) is -0.343. The summed E-state index contributed by atoms with van der Waals surface area (Å²) in [6.07, 6.45) is 2.17. The molecule has 1 aromatic heterocycles. The highest BCUT2D eigenvalue weighted by Crippen LogP contribution is 2.33. The highest BCUT2D eigenvalue weighted by Gasteiger charge is 2.35. The lowest BCUT2D eigenvalue weighted by molar-refractivity contribution is -0.152. The third kappa shape index (κ3) is 6.38. The van der Waals surface area contributed by atoms with Crippen LogP contribution in [0, 0.1) is 0 Å². The highest BCUT2D eigenvalue weighted by atomic mass is 16.5. The number of esters is 1. The fourth-order valence-corrected chi connectivity index (χ4v) is 3.83. The molecule has 1 atom stereocenters. The summed E-state index contributed by atoms with van der Waals surface area (Å²) in [4.78, 5) is 37.1. The van der Waals surface area contributed by atoms with Gasteiger partial charge in [0.2, 0.25) is 5.91 Å². The standard InChI is InChI=1S/C27H27N3O6/c1-34-21-11-9-20(10-12-21)22-17-23(24-8-5-15-35-24)30(29-22)26(32)18-36-27(33)13-14-28-25(31)16-19-6-3-2-4-7-19/h2-12,15,23H,13-14,16-18H2,1H3,(H,28,31). The number of benzene rings is 2. The Morgan fingerprint density at radius 1 is 1.06 bits per heavy atom. The van der Waals surface area contributed by atoms with Gasteiger partial charge in [0.05, 0.1) is 31.9 Å². The van der Waals surface area contributed by atoms with Crippen molar-refractivity contribution in [2.75, 3.05) is 20.3 Å². The van der Waals surface area contributed by atoms with E-state index in [9.17, 15) is 14.4 Å². The van der Waals surface area contributed by atoms with Crippen LogP contribution in [0.3, 0.4) is 0 Å². The van der Waals surface area contributed by atoms with E-state index in [0.717, 1.165) is 16.9 Å². The summed E-state index contributed by atoms with van der Waals surface area (Å²) in [5.74, 6) is 0.0563. The molecule has 1 aliphatic heterocycles. The predicted octanol–water partition coefficient (Wildman–Crippen LogP) is 3.26. The number of amides is 2. The summed E-state index contributed by atoms with van der Waals surface area (Å²) in [6, 6.07) is 19.8. The molecule has 36 heavy (non-hydrogen) atoms. The van der Waals surface area contributed by atoms with Gasteiger partial charge >= 0.3 is 5.97 Å². The Labute approximate surface area is 208 Å². The molecule has 9 nitrogen and oxygen atoms in total. The molecule has 1 aliphatic rings. The van der Waals surface area contributed by atoms with E-state index >= 15 is 0 Å². The van der Waals surface area contributed by atoms with Crippen molar-refractivity contribution in [1.82, 2.24) is 10.3 Å². The Bertz CT molecular complexity index is 1210. The molecule has 0 saturated heterocycles. The summed E-state index contributed by atoms with van der Waals surface area (Å²) < 4.78 is 15.9. The number of hydrogen-bond acceptors (Lipinski definition) is 7. The van der Waals surface area contributed by atoms with Crippen LogP contribution in [-0.4, -0.2) is 48.8 Å². The summed E-state index contributed by atoms with van der Waals surface area (Å²) in [5, 5.41) is 8.49. The van der Waals surface area contributed by atoms with Gasteiger partial charge < -0.3 is 19.2 Å². The van der Waals surface area contributed by atoms with E-state index in [1.165, 1.54) is 11.3 Å². The Morgan fingerprint density at radius 2 is 1.83 bits per heavy atom. The van der Waals surface area contributed by atoms with E-state index in [-0.39, 0.29) is 25.3 Å². The fraction of sp³-hybridized carbons (Fsp3) is 0.259. The number of carbonyl (C=O) groups excluding carboxylic acids is 3. The minimum absolute atomic E-state index is 0.0458. The van der Waals surface area contributed by atoms with Crippen LogP contribution in [0.1, 0.15) is 35.8 Å². The van der Waals surface area contributed by atoms with Gasteiger partial charge in [0.1, 0.15) is 17.6 Å². The van der Waals surface area contributed by atoms with Gasteiger partial charge in [0.15, 0.2) is 6.61 Å². The first kappa shape index (κ1) is 24.7. The Hall–Kier alpha value is -4.40. The molecule has 186 valence electrons. The van der Waals surface area contributed by atoms with Gasteiger partial charge in [-0.25, -0.2) is 5.01 Å². The van der Waals surface area contributed by atoms with Gasteiger partial charge in [-0.1, -0.05) is 30.3 Å². The molecule has 4 rings (SSSR count). The Kier molecular flexibility index (Phi) is 8.12. The van der Waals surface area contributed by atoms with Crippen molar-refractivity contribution >= 4 is 23.5 Å². The van der Waals surface area contributed by atoms with Crippen molar-refractivity contribution in [2.24, 2.45) is 5.10 Å². The highest BCUT2D eigenvalue weighted by molar-refractivity contribution is 6.03. The number of hydrogen-bond donors (Lipinski definition) is 1. The molecule has 2 heterocycles. The third-order valence-electron chi connectivity index (χ3n) is 5.68. The van der Waals surface area contributed by atoms with Gasteiger partial charge in [-0.15, -0.1) is 0 Å². The maximum atomic E-state index is 12.9. The molecule has 2 amide bonds. The van der Waals surface area contributed by atoms with Crippen molar-refractivity contribution in [3.63, 3.8) is 0 Å². The first-order chi connectivity index (χ1) is 17.5. The van der Waals surface area contributed by atoms with E-state index in [1.807, 2.05) is 54.6 Å². The maximum Gasteiger partial charge on any atom is 0.308 e. The van der Waals surface area contributed by atoms with Gasteiger partial charge in [-0.2, -0.15) is 5.10 Å². The minimum Gasteiger partial charge on any atom is -0.497 e. The zero-order valence-electron chi connectivity index (χ0n) is 19.9. The first-order valence-corrected chi connectivity index (χ1v) is 11.6. The van der Waals surface area contributed by atoms with E-state index in [1.54, 1.807) is 19.2 Å². The maximum absolute atomic E-state index is 12.9. The molecule has 0 saturated carbocycles. The zero-order valence-corrected chi connectivity index (χ0v) is 19.9. The number of nitrogens with one attached hydrogen (secondary N) is 1. The van der Waals surface area contributed by atoms with Crippen LogP contribution >= 0.6 is 0 Å². The van der Waals surface area contributed by atoms with E-state index < -0.39 is 24.5 Å². The number of nitrogens with zero attached hydrogens (tertiary/aromatic N) is 2. The van der Waals surface area contributed by atoms with Crippen LogP contribution in [0.15, 0.2) is 82.5 Å². The van der Waals surface area contributed by atoms with E-state index in [4.69, 9.17) is 13.9 Å². The molecule has 2 aromatic carbocycles. The molecular weight excluding hydrogens is 462 g/mol. The van der Waals surface area contributed by atoms with E-state index in [0.29, 0.717) is 17.9 Å². The SMILES string of the molecule is COc1ccc(C2=NN(C(=O)COC(=O)CCNC(=O)Cc3ccccc3)C(c3ccco3)C2)cc1. The van der Waals surface area contributed by atoms with Crippen LogP contribution in [0.25, 0.3) is 0 Å². The van der Waals surface area contributed by atoms with Crippen LogP contribution < -0.4 is 10.1 Å². The lowest BCUT2D eigenvalue weighted by Gasteiger charge is -2.19. The fourth-order valence-electron chi connectivity index (χ4n) is 3.83. The Morgan fingerprint density at radius 3 is 2.53 bits per heavy atom. The average molecular weight is 490 g/mol. The van der Waals surface area contributed by atoms with Gasteiger partial charge in [0, 0.05) is 13.0 Å². The van der Waals surface area contributed by atoms with Crippen molar-refractivity contribution in [1.29, 1.82) is 0 Å². The molecule has 0 spiro atoms. The molecule has 0 bridgehead atoms. The number of rotatable bonds is 10. The minimum atomic E-state index is -0.587. The zero-order chi connectivity index (χ0) is 25.3. The lowest BCUT2D eigenvalue weighted by Crippen LogP contribution is -2.32. The molecule has 0 fully saturated rings. The van der Waals surface area contributed by atoms with Gasteiger partial charge in [-0.05, 0) is 47.5 Å². The molecule has 1 unspecified atom stereocenters. The van der Waals surface area contributed by atoms with Gasteiger partial charge in [0.25, 0.3) is 5.91 Å². The Balaban J connectivity index is 1.30. The second kappa shape index (κ2) is 11.8. The summed E-state index contributed by atoms with van der Waals surface area (Å²) in [7, 11) is 1.59. The summed E-state index contributed by atoms with van der Waals surface area (Å²) in [5.41, 5.74) is 2.44. The average Bonchev–Trinajstić information content (AvgIpc) is 3.58. The van der Waals surface area contributed by atoms with Crippen LogP contribution in [0.5, 0.6) is 5.75 Å². The van der Waals surface area contributed by atoms with Crippen molar-refractivity contribution in [3.8, 4) is 5.75 Å². The van der Waals surface area contributed by atoms with Crippen molar-refractivity contribution < 1.29 is 28.3 Å². The van der Waals surface area contributed by atoms with Gasteiger partial charge in [-0.3, -0.25) is 14.4 Å². The molecule has 0 radical (unpaired) electrons. The molecule has 1 N–H and O–H groups in total. The van der Waals surface area contributed by atoms with Crippen LogP contribution in [-0.2, 0) is 25.5 Å². The summed E-state index contributed by atoms with van der Waals surface area (Å²) >= 11 is 0. The topological polar surface area (TPSA) is 110 Å². The smallest absolute Gasteiger partial charge is 0.308 e. The second-order valence-corrected chi connectivity index (χ2v) is 8.17. The number of methoxy groups -OCH3 is 1. The third-order valence-corrected chi connectivity index (χ3v) is 5.68. The van der Waals surface area contributed by atoms with Crippen LogP contribution in [0.4, 0.5) is 0 Å². The molecular formula is C27H27N3O6. The monoisotopic (exact) mass is 489 g/mol. The largest absolute Gasteiger partial charge is 0.497 e. The van der Waals surface area contributed by atoms with Crippen LogP contribution in [0.2, 0.25) is 0 Å². The molecule has 9 heteroatoms. The number of carbonyl (C=O) groups is 3.